The van der Waals surface area contributed by atoms with E-state index in [0.717, 1.165) is 16.9 Å². The first-order chi connectivity index (χ1) is 12.6. The predicted octanol–water partition coefficient (Wildman–Crippen LogP) is 3.66. The topological polar surface area (TPSA) is 76.0 Å². The molecule has 0 atom stereocenters. The summed E-state index contributed by atoms with van der Waals surface area (Å²) < 4.78 is 1.60. The maximum Gasteiger partial charge on any atom is 0.258 e. The number of carbonyl (C=O) groups is 2. The van der Waals surface area contributed by atoms with Crippen molar-refractivity contribution in [2.24, 2.45) is 0 Å². The molecule has 0 unspecified atom stereocenters. The number of aromatic nitrogens is 2. The van der Waals surface area contributed by atoms with E-state index in [1.54, 1.807) is 35.1 Å². The number of halogens is 1. The fraction of sp³-hybridized carbons (Fsp3) is 0.105. The highest BCUT2D eigenvalue weighted by Crippen LogP contribution is 2.26. The van der Waals surface area contributed by atoms with Crippen molar-refractivity contribution >= 4 is 34.8 Å². The molecule has 3 aromatic rings. The lowest BCUT2D eigenvalue weighted by Crippen LogP contribution is -2.19. The van der Waals surface area contributed by atoms with Gasteiger partial charge in [-0.3, -0.25) is 9.59 Å². The van der Waals surface area contributed by atoms with E-state index in [1.165, 1.54) is 6.20 Å². The van der Waals surface area contributed by atoms with Gasteiger partial charge in [0.15, 0.2) is 0 Å². The van der Waals surface area contributed by atoms with E-state index >= 15 is 0 Å². The summed E-state index contributed by atoms with van der Waals surface area (Å²) >= 11 is 5.99. The predicted molar refractivity (Wildman–Crippen MR) is 99.9 cm³/mol. The molecule has 6 nitrogen and oxygen atoms in total. The molecule has 1 aliphatic heterocycles. The van der Waals surface area contributed by atoms with Crippen LogP contribution in [0.2, 0.25) is 5.02 Å². The highest BCUT2D eigenvalue weighted by Gasteiger charge is 2.16. The van der Waals surface area contributed by atoms with E-state index in [9.17, 15) is 9.59 Å². The molecule has 2 aromatic carbocycles. The van der Waals surface area contributed by atoms with Gasteiger partial charge in [-0.2, -0.15) is 5.10 Å². The Kier molecular flexibility index (Phi) is 4.18. The van der Waals surface area contributed by atoms with Crippen molar-refractivity contribution in [3.63, 3.8) is 0 Å². The molecule has 0 spiro atoms. The van der Waals surface area contributed by atoms with Crippen molar-refractivity contribution < 1.29 is 9.59 Å². The molecule has 0 fully saturated rings. The van der Waals surface area contributed by atoms with Gasteiger partial charge >= 0.3 is 0 Å². The summed E-state index contributed by atoms with van der Waals surface area (Å²) in [5.74, 6) is -0.235. The fourth-order valence-corrected chi connectivity index (χ4v) is 3.05. The molecular weight excluding hydrogens is 352 g/mol. The van der Waals surface area contributed by atoms with Gasteiger partial charge < -0.3 is 10.6 Å². The van der Waals surface area contributed by atoms with Crippen LogP contribution < -0.4 is 10.6 Å². The molecule has 0 saturated heterocycles. The minimum atomic E-state index is -0.252. The van der Waals surface area contributed by atoms with Gasteiger partial charge in [-0.05, 0) is 48.4 Å². The van der Waals surface area contributed by atoms with Crippen molar-refractivity contribution in [3.8, 4) is 5.69 Å². The molecule has 2 N–H and O–H groups in total. The zero-order chi connectivity index (χ0) is 18.1. The summed E-state index contributed by atoms with van der Waals surface area (Å²) in [5.41, 5.74) is 3.71. The number of hydrogen-bond donors (Lipinski definition) is 2. The molecule has 2 heterocycles. The fourth-order valence-electron chi connectivity index (χ4n) is 2.86. The summed E-state index contributed by atoms with van der Waals surface area (Å²) in [6.45, 7) is 0. The molecule has 130 valence electrons. The Bertz CT molecular complexity index is 1010. The molecule has 0 saturated carbocycles. The highest BCUT2D eigenvalue weighted by molar-refractivity contribution is 6.30. The summed E-state index contributed by atoms with van der Waals surface area (Å²) in [5, 5.41) is 10.5. The third kappa shape index (κ3) is 3.32. The van der Waals surface area contributed by atoms with Gasteiger partial charge in [0.25, 0.3) is 5.91 Å². The van der Waals surface area contributed by atoms with Crippen molar-refractivity contribution in [2.75, 3.05) is 10.6 Å². The van der Waals surface area contributed by atoms with E-state index in [-0.39, 0.29) is 11.8 Å². The number of benzene rings is 2. The minimum absolute atomic E-state index is 0.0164. The van der Waals surface area contributed by atoms with Gasteiger partial charge in [-0.15, -0.1) is 0 Å². The summed E-state index contributed by atoms with van der Waals surface area (Å²) in [6, 6.07) is 12.7. The molecule has 7 heteroatoms. The lowest BCUT2D eigenvalue weighted by molar-refractivity contribution is -0.116. The molecule has 4 rings (SSSR count). The van der Waals surface area contributed by atoms with Gasteiger partial charge in [0.05, 0.1) is 17.4 Å². The van der Waals surface area contributed by atoms with Gasteiger partial charge in [0.2, 0.25) is 5.91 Å². The Balaban J connectivity index is 1.51. The standard InChI is InChI=1S/C19H15ClN4O2/c20-14-2-1-3-16(9-14)24-11-13(10-21-24)19(26)22-15-5-6-17-12(8-15)4-7-18(25)23-17/h1-3,5-6,8-11H,4,7H2,(H,22,26)(H,23,25). The molecule has 2 amide bonds. The van der Waals surface area contributed by atoms with Crippen molar-refractivity contribution in [1.82, 2.24) is 9.78 Å². The van der Waals surface area contributed by atoms with Crippen LogP contribution in [0.5, 0.6) is 0 Å². The van der Waals surface area contributed by atoms with Crippen LogP contribution in [0, 0.1) is 0 Å². The summed E-state index contributed by atoms with van der Waals surface area (Å²) in [6.07, 6.45) is 4.28. The zero-order valence-electron chi connectivity index (χ0n) is 13.7. The molecule has 1 aromatic heterocycles. The number of amides is 2. The van der Waals surface area contributed by atoms with Crippen LogP contribution in [0.4, 0.5) is 11.4 Å². The van der Waals surface area contributed by atoms with E-state index in [4.69, 9.17) is 11.6 Å². The first-order valence-electron chi connectivity index (χ1n) is 8.13. The number of fused-ring (bicyclic) bond motifs is 1. The molecule has 0 aliphatic carbocycles. The van der Waals surface area contributed by atoms with Crippen LogP contribution in [-0.4, -0.2) is 21.6 Å². The van der Waals surface area contributed by atoms with Gasteiger partial charge in [0.1, 0.15) is 0 Å². The molecule has 1 aliphatic rings. The molecular formula is C19H15ClN4O2. The first-order valence-corrected chi connectivity index (χ1v) is 8.51. The minimum Gasteiger partial charge on any atom is -0.326 e. The van der Waals surface area contributed by atoms with E-state index < -0.39 is 0 Å². The lowest BCUT2D eigenvalue weighted by atomic mass is 10.0. The second-order valence-electron chi connectivity index (χ2n) is 6.03. The van der Waals surface area contributed by atoms with Crippen molar-refractivity contribution in [2.45, 2.75) is 12.8 Å². The third-order valence-corrected chi connectivity index (χ3v) is 4.41. The van der Waals surface area contributed by atoms with Crippen molar-refractivity contribution in [3.05, 3.63) is 71.0 Å². The van der Waals surface area contributed by atoms with Crippen LogP contribution in [-0.2, 0) is 11.2 Å². The third-order valence-electron chi connectivity index (χ3n) is 4.18. The number of aryl methyl sites for hydroxylation is 1. The van der Waals surface area contributed by atoms with Crippen LogP contribution in [0.3, 0.4) is 0 Å². The number of rotatable bonds is 3. The number of nitrogens with zero attached hydrogens (tertiary/aromatic N) is 2. The second-order valence-corrected chi connectivity index (χ2v) is 6.46. The quantitative estimate of drug-likeness (QED) is 0.742. The molecule has 0 radical (unpaired) electrons. The number of nitrogens with one attached hydrogen (secondary N) is 2. The van der Waals surface area contributed by atoms with Gasteiger partial charge in [0, 0.05) is 29.0 Å². The lowest BCUT2D eigenvalue weighted by Gasteiger charge is -2.17. The normalized spacial score (nSPS) is 13.0. The summed E-state index contributed by atoms with van der Waals surface area (Å²) in [7, 11) is 0. The Morgan fingerprint density at radius 2 is 2.08 bits per heavy atom. The van der Waals surface area contributed by atoms with Gasteiger partial charge in [-0.1, -0.05) is 17.7 Å². The Hall–Kier alpha value is -3.12. The van der Waals surface area contributed by atoms with Crippen LogP contribution >= 0.6 is 11.6 Å². The zero-order valence-corrected chi connectivity index (χ0v) is 14.5. The smallest absolute Gasteiger partial charge is 0.258 e. The maximum atomic E-state index is 12.5. The van der Waals surface area contributed by atoms with Gasteiger partial charge in [-0.25, -0.2) is 4.68 Å². The van der Waals surface area contributed by atoms with Crippen LogP contribution in [0.1, 0.15) is 22.3 Å². The Morgan fingerprint density at radius 1 is 1.19 bits per heavy atom. The SMILES string of the molecule is O=C1CCc2cc(NC(=O)c3cnn(-c4cccc(Cl)c4)c3)ccc2N1. The first kappa shape index (κ1) is 16.4. The Labute approximate surface area is 154 Å². The van der Waals surface area contributed by atoms with E-state index in [0.29, 0.717) is 29.1 Å². The number of carbonyl (C=O) groups excluding carboxylic acids is 2. The average Bonchev–Trinajstić information content (AvgIpc) is 3.12. The van der Waals surface area contributed by atoms with Crippen LogP contribution in [0.25, 0.3) is 5.69 Å². The van der Waals surface area contributed by atoms with Crippen molar-refractivity contribution in [1.29, 1.82) is 0 Å². The second kappa shape index (κ2) is 6.65. The van der Waals surface area contributed by atoms with Crippen LogP contribution in [0.15, 0.2) is 54.9 Å². The molecule has 0 bridgehead atoms. The average molecular weight is 367 g/mol. The molecule has 26 heavy (non-hydrogen) atoms. The Morgan fingerprint density at radius 3 is 2.92 bits per heavy atom. The maximum absolute atomic E-state index is 12.5. The number of anilines is 2. The summed E-state index contributed by atoms with van der Waals surface area (Å²) in [4.78, 5) is 23.9. The number of hydrogen-bond acceptors (Lipinski definition) is 3. The monoisotopic (exact) mass is 366 g/mol. The van der Waals surface area contributed by atoms with E-state index in [1.807, 2.05) is 18.2 Å². The van der Waals surface area contributed by atoms with E-state index in [2.05, 4.69) is 15.7 Å². The largest absolute Gasteiger partial charge is 0.326 e. The highest BCUT2D eigenvalue weighted by atomic mass is 35.5.